The van der Waals surface area contributed by atoms with E-state index in [1.54, 1.807) is 18.2 Å². The summed E-state index contributed by atoms with van der Waals surface area (Å²) in [6, 6.07) is 16.6. The molecule has 120 valence electrons. The van der Waals surface area contributed by atoms with Crippen LogP contribution >= 0.6 is 11.6 Å². The highest BCUT2D eigenvalue weighted by Crippen LogP contribution is 2.20. The van der Waals surface area contributed by atoms with E-state index in [9.17, 15) is 8.42 Å². The molecule has 0 aliphatic carbocycles. The molecule has 3 aromatic rings. The Labute approximate surface area is 140 Å². The Morgan fingerprint density at radius 3 is 2.57 bits per heavy atom. The molecular weight excluding hydrogens is 332 g/mol. The summed E-state index contributed by atoms with van der Waals surface area (Å²) in [5.41, 5.74) is 1.15. The summed E-state index contributed by atoms with van der Waals surface area (Å²) in [5, 5.41) is 1.42. The molecule has 0 radical (unpaired) electrons. The molecule has 1 heterocycles. The second kappa shape index (κ2) is 6.74. The number of para-hydroxylation sites is 1. The summed E-state index contributed by atoms with van der Waals surface area (Å²) in [5.74, 6) is 0. The van der Waals surface area contributed by atoms with E-state index in [1.807, 2.05) is 18.3 Å². The van der Waals surface area contributed by atoms with Crippen LogP contribution in [-0.4, -0.2) is 19.5 Å². The summed E-state index contributed by atoms with van der Waals surface area (Å²) in [6.45, 7) is 1.11. The van der Waals surface area contributed by atoms with Crippen LogP contribution in [0.4, 0.5) is 0 Å². The summed E-state index contributed by atoms with van der Waals surface area (Å²) < 4.78 is 29.2. The zero-order valence-corrected chi connectivity index (χ0v) is 14.0. The van der Waals surface area contributed by atoms with Gasteiger partial charge in [-0.05, 0) is 36.1 Å². The van der Waals surface area contributed by atoms with E-state index in [2.05, 4.69) is 27.5 Å². The molecular formula is C17H17ClN2O2S. The zero-order valence-electron chi connectivity index (χ0n) is 12.4. The molecule has 0 spiro atoms. The number of benzene rings is 2. The van der Waals surface area contributed by atoms with Gasteiger partial charge in [-0.25, -0.2) is 13.1 Å². The Morgan fingerprint density at radius 1 is 1.00 bits per heavy atom. The molecule has 0 aliphatic heterocycles. The van der Waals surface area contributed by atoms with Crippen molar-refractivity contribution >= 4 is 32.5 Å². The van der Waals surface area contributed by atoms with Crippen LogP contribution in [0.15, 0.2) is 65.7 Å². The molecule has 23 heavy (non-hydrogen) atoms. The molecule has 0 amide bonds. The number of hydrogen-bond acceptors (Lipinski definition) is 2. The monoisotopic (exact) mass is 348 g/mol. The van der Waals surface area contributed by atoms with Crippen LogP contribution in [0.25, 0.3) is 10.9 Å². The number of nitrogens with zero attached hydrogens (tertiary/aromatic N) is 1. The van der Waals surface area contributed by atoms with Crippen molar-refractivity contribution in [3.63, 3.8) is 0 Å². The van der Waals surface area contributed by atoms with Crippen LogP contribution in [0.1, 0.15) is 6.42 Å². The zero-order chi connectivity index (χ0) is 16.3. The number of sulfonamides is 1. The Hall–Kier alpha value is -1.82. The Bertz CT molecular complexity index is 919. The number of rotatable bonds is 6. The van der Waals surface area contributed by atoms with Gasteiger partial charge in [0.2, 0.25) is 10.0 Å². The highest BCUT2D eigenvalue weighted by atomic mass is 35.5. The summed E-state index contributed by atoms with van der Waals surface area (Å²) in [6.07, 6.45) is 2.72. The fourth-order valence-corrected chi connectivity index (χ4v) is 4.12. The van der Waals surface area contributed by atoms with Gasteiger partial charge in [-0.3, -0.25) is 0 Å². The maximum Gasteiger partial charge on any atom is 0.242 e. The molecule has 1 aromatic heterocycles. The van der Waals surface area contributed by atoms with E-state index in [0.717, 1.165) is 12.1 Å². The van der Waals surface area contributed by atoms with Crippen molar-refractivity contribution < 1.29 is 8.42 Å². The van der Waals surface area contributed by atoms with E-state index in [0.29, 0.717) is 13.0 Å². The van der Waals surface area contributed by atoms with E-state index in [-0.39, 0.29) is 9.92 Å². The molecule has 0 fully saturated rings. The minimum atomic E-state index is -3.57. The first-order chi connectivity index (χ1) is 11.1. The second-order valence-corrected chi connectivity index (χ2v) is 7.39. The lowest BCUT2D eigenvalue weighted by Crippen LogP contribution is -2.25. The fraction of sp³-hybridized carbons (Fsp3) is 0.176. The SMILES string of the molecule is O=S(=O)(NCCCn1ccc2ccccc21)c1ccccc1Cl. The number of halogens is 1. The van der Waals surface area contributed by atoms with Crippen molar-refractivity contribution in [2.75, 3.05) is 6.54 Å². The van der Waals surface area contributed by atoms with Gasteiger partial charge in [-0.2, -0.15) is 0 Å². The molecule has 2 aromatic carbocycles. The van der Waals surface area contributed by atoms with Gasteiger partial charge in [-0.1, -0.05) is 41.9 Å². The maximum absolute atomic E-state index is 12.2. The Kier molecular flexibility index (Phi) is 4.71. The average Bonchev–Trinajstić information content (AvgIpc) is 2.95. The Balaban J connectivity index is 1.60. The third-order valence-electron chi connectivity index (χ3n) is 3.67. The lowest BCUT2D eigenvalue weighted by Gasteiger charge is -2.09. The number of hydrogen-bond donors (Lipinski definition) is 1. The van der Waals surface area contributed by atoms with Crippen LogP contribution in [0.2, 0.25) is 5.02 Å². The number of nitrogens with one attached hydrogen (secondary N) is 1. The number of aromatic nitrogens is 1. The van der Waals surface area contributed by atoms with E-state index >= 15 is 0 Å². The molecule has 4 nitrogen and oxygen atoms in total. The molecule has 0 saturated carbocycles. The van der Waals surface area contributed by atoms with Crippen molar-refractivity contribution in [3.05, 3.63) is 65.8 Å². The van der Waals surface area contributed by atoms with E-state index in [4.69, 9.17) is 11.6 Å². The molecule has 1 N–H and O–H groups in total. The molecule has 3 rings (SSSR count). The predicted octanol–water partition coefficient (Wildman–Crippen LogP) is 3.66. The topological polar surface area (TPSA) is 51.1 Å². The third-order valence-corrected chi connectivity index (χ3v) is 5.64. The average molecular weight is 349 g/mol. The third kappa shape index (κ3) is 3.58. The van der Waals surface area contributed by atoms with Crippen LogP contribution < -0.4 is 4.72 Å². The largest absolute Gasteiger partial charge is 0.347 e. The maximum atomic E-state index is 12.2. The van der Waals surface area contributed by atoms with Crippen molar-refractivity contribution in [3.8, 4) is 0 Å². The van der Waals surface area contributed by atoms with Crippen molar-refractivity contribution in [2.45, 2.75) is 17.9 Å². The second-order valence-electron chi connectivity index (χ2n) is 5.25. The quantitative estimate of drug-likeness (QED) is 0.691. The predicted molar refractivity (Wildman–Crippen MR) is 93.2 cm³/mol. The normalized spacial score (nSPS) is 11.9. The number of aryl methyl sites for hydroxylation is 1. The standard InChI is InChI=1S/C17H17ClN2O2S/c18-15-7-2-4-9-17(15)23(21,22)19-11-5-12-20-13-10-14-6-1-3-8-16(14)20/h1-4,6-10,13,19H,5,11-12H2. The fourth-order valence-electron chi connectivity index (χ4n) is 2.53. The molecule has 0 atom stereocenters. The lowest BCUT2D eigenvalue weighted by atomic mass is 10.2. The first-order valence-corrected chi connectivity index (χ1v) is 9.22. The lowest BCUT2D eigenvalue weighted by molar-refractivity contribution is 0.572. The molecule has 0 unspecified atom stereocenters. The van der Waals surface area contributed by atoms with Gasteiger partial charge in [0.15, 0.2) is 0 Å². The van der Waals surface area contributed by atoms with Gasteiger partial charge in [0.05, 0.1) is 5.02 Å². The van der Waals surface area contributed by atoms with Crippen molar-refractivity contribution in [1.82, 2.24) is 9.29 Å². The van der Waals surface area contributed by atoms with Crippen LogP contribution in [0.3, 0.4) is 0 Å². The molecule has 6 heteroatoms. The van der Waals surface area contributed by atoms with Crippen LogP contribution in [0, 0.1) is 0 Å². The highest BCUT2D eigenvalue weighted by Gasteiger charge is 2.16. The van der Waals surface area contributed by atoms with Crippen LogP contribution in [0.5, 0.6) is 0 Å². The first kappa shape index (κ1) is 16.1. The minimum Gasteiger partial charge on any atom is -0.347 e. The molecule has 0 aliphatic rings. The first-order valence-electron chi connectivity index (χ1n) is 7.36. The van der Waals surface area contributed by atoms with Gasteiger partial charge >= 0.3 is 0 Å². The Morgan fingerprint density at radius 2 is 1.74 bits per heavy atom. The summed E-state index contributed by atoms with van der Waals surface area (Å²) in [7, 11) is -3.57. The van der Waals surface area contributed by atoms with Gasteiger partial charge in [0.25, 0.3) is 0 Å². The minimum absolute atomic E-state index is 0.119. The van der Waals surface area contributed by atoms with Crippen molar-refractivity contribution in [2.24, 2.45) is 0 Å². The number of fused-ring (bicyclic) bond motifs is 1. The summed E-state index contributed by atoms with van der Waals surface area (Å²) >= 11 is 5.94. The van der Waals surface area contributed by atoms with Gasteiger partial charge in [0.1, 0.15) is 4.90 Å². The van der Waals surface area contributed by atoms with Crippen LogP contribution in [-0.2, 0) is 16.6 Å². The molecule has 0 bridgehead atoms. The van der Waals surface area contributed by atoms with E-state index in [1.165, 1.54) is 11.5 Å². The van der Waals surface area contributed by atoms with E-state index < -0.39 is 10.0 Å². The summed E-state index contributed by atoms with van der Waals surface area (Å²) in [4.78, 5) is 0.119. The smallest absolute Gasteiger partial charge is 0.242 e. The van der Waals surface area contributed by atoms with Crippen molar-refractivity contribution in [1.29, 1.82) is 0 Å². The van der Waals surface area contributed by atoms with Gasteiger partial charge in [-0.15, -0.1) is 0 Å². The molecule has 0 saturated heterocycles. The van der Waals surface area contributed by atoms with Gasteiger partial charge in [0, 0.05) is 24.8 Å². The van der Waals surface area contributed by atoms with Gasteiger partial charge < -0.3 is 4.57 Å². The highest BCUT2D eigenvalue weighted by molar-refractivity contribution is 7.89.